The summed E-state index contributed by atoms with van der Waals surface area (Å²) in [5, 5.41) is 8.26. The van der Waals surface area contributed by atoms with Gasteiger partial charge in [0.25, 0.3) is 0 Å². The molecule has 1 atom stereocenters. The highest BCUT2D eigenvalue weighted by Crippen LogP contribution is 2.36. The topological polar surface area (TPSA) is 84.2 Å². The molecule has 0 bridgehead atoms. The van der Waals surface area contributed by atoms with Gasteiger partial charge in [0, 0.05) is 44.2 Å². The van der Waals surface area contributed by atoms with E-state index in [1.807, 2.05) is 18.3 Å². The van der Waals surface area contributed by atoms with Crippen molar-refractivity contribution in [3.63, 3.8) is 0 Å². The summed E-state index contributed by atoms with van der Waals surface area (Å²) in [6.45, 7) is 6.69. The van der Waals surface area contributed by atoms with Gasteiger partial charge in [-0.2, -0.15) is 4.98 Å². The summed E-state index contributed by atoms with van der Waals surface area (Å²) < 4.78 is 5.17. The first-order chi connectivity index (χ1) is 12.5. The number of aryl methyl sites for hydroxylation is 2. The molecule has 3 heterocycles. The molecule has 7 nitrogen and oxygen atoms in total. The van der Waals surface area contributed by atoms with Crippen LogP contribution >= 0.6 is 0 Å². The number of carbonyl (C=O) groups is 1. The number of nitrogens with one attached hydrogen (secondary N) is 1. The van der Waals surface area contributed by atoms with Crippen LogP contribution in [-0.4, -0.2) is 34.1 Å². The Labute approximate surface area is 151 Å². The van der Waals surface area contributed by atoms with E-state index in [1.54, 1.807) is 6.92 Å². The molecule has 1 unspecified atom stereocenters. The second kappa shape index (κ2) is 6.09. The Morgan fingerprint density at radius 1 is 1.31 bits per heavy atom. The van der Waals surface area contributed by atoms with Crippen molar-refractivity contribution in [1.29, 1.82) is 0 Å². The van der Waals surface area contributed by atoms with Gasteiger partial charge in [-0.25, -0.2) is 0 Å². The van der Waals surface area contributed by atoms with Crippen molar-refractivity contribution < 1.29 is 9.32 Å². The van der Waals surface area contributed by atoms with Gasteiger partial charge < -0.3 is 14.7 Å². The summed E-state index contributed by atoms with van der Waals surface area (Å²) in [5.74, 6) is 0.917. The minimum absolute atomic E-state index is 0.107. The molecule has 1 N–H and O–H groups in total. The second-order valence-electron chi connectivity index (χ2n) is 6.87. The third-order valence-electron chi connectivity index (χ3n) is 4.93. The van der Waals surface area contributed by atoms with Crippen LogP contribution in [0.25, 0.3) is 10.9 Å². The van der Waals surface area contributed by atoms with Gasteiger partial charge >= 0.3 is 0 Å². The fraction of sp³-hybridized carbons (Fsp3) is 0.368. The van der Waals surface area contributed by atoms with Gasteiger partial charge in [-0.3, -0.25) is 9.78 Å². The molecule has 7 heteroatoms. The van der Waals surface area contributed by atoms with Crippen LogP contribution in [0, 0.1) is 13.8 Å². The molecule has 1 saturated heterocycles. The highest BCUT2D eigenvalue weighted by atomic mass is 16.5. The van der Waals surface area contributed by atoms with Gasteiger partial charge in [0.1, 0.15) is 5.54 Å². The Balaban J connectivity index is 1.75. The van der Waals surface area contributed by atoms with E-state index in [0.717, 1.165) is 28.7 Å². The minimum Gasteiger partial charge on any atom is -0.368 e. The summed E-state index contributed by atoms with van der Waals surface area (Å²) >= 11 is 0. The Kier molecular flexibility index (Phi) is 3.86. The number of nitrogens with zero attached hydrogens (tertiary/aromatic N) is 4. The zero-order chi connectivity index (χ0) is 18.3. The van der Waals surface area contributed by atoms with Gasteiger partial charge in [-0.15, -0.1) is 0 Å². The molecule has 1 amide bonds. The second-order valence-corrected chi connectivity index (χ2v) is 6.87. The maximum Gasteiger partial charge on any atom is 0.223 e. The largest absolute Gasteiger partial charge is 0.368 e. The van der Waals surface area contributed by atoms with Gasteiger partial charge in [-0.05, 0) is 25.0 Å². The Morgan fingerprint density at radius 3 is 2.88 bits per heavy atom. The molecule has 0 aliphatic carbocycles. The standard InChI is InChI=1S/C19H21N5O2/c1-12-5-4-6-15-16(7-9-20-17(12)15)24-10-8-19(11-24,22-13(2)25)18-21-14(3)26-23-18/h4-7,9H,8,10-11H2,1-3H3,(H,22,25). The van der Waals surface area contributed by atoms with E-state index in [-0.39, 0.29) is 5.91 Å². The van der Waals surface area contributed by atoms with Crippen LogP contribution < -0.4 is 10.2 Å². The van der Waals surface area contributed by atoms with E-state index >= 15 is 0 Å². The van der Waals surface area contributed by atoms with Gasteiger partial charge in [0.05, 0.1) is 5.52 Å². The number of hydrogen-bond acceptors (Lipinski definition) is 6. The quantitative estimate of drug-likeness (QED) is 0.780. The van der Waals surface area contributed by atoms with Gasteiger partial charge in [0.2, 0.25) is 11.8 Å². The normalized spacial score (nSPS) is 19.9. The summed E-state index contributed by atoms with van der Waals surface area (Å²) in [4.78, 5) is 23.0. The Bertz CT molecular complexity index is 983. The molecule has 2 aromatic heterocycles. The fourth-order valence-electron chi connectivity index (χ4n) is 3.77. The molecular formula is C19H21N5O2. The highest BCUT2D eigenvalue weighted by molar-refractivity contribution is 5.93. The molecule has 1 aliphatic rings. The third-order valence-corrected chi connectivity index (χ3v) is 4.93. The van der Waals surface area contributed by atoms with E-state index in [9.17, 15) is 4.79 Å². The minimum atomic E-state index is -0.650. The van der Waals surface area contributed by atoms with E-state index in [2.05, 4.69) is 44.4 Å². The van der Waals surface area contributed by atoms with Crippen LogP contribution in [0.4, 0.5) is 5.69 Å². The number of hydrogen-bond donors (Lipinski definition) is 1. The Hall–Kier alpha value is -2.96. The van der Waals surface area contributed by atoms with Crippen LogP contribution in [-0.2, 0) is 10.3 Å². The smallest absolute Gasteiger partial charge is 0.223 e. The number of pyridine rings is 1. The molecule has 1 aliphatic heterocycles. The summed E-state index contributed by atoms with van der Waals surface area (Å²) in [7, 11) is 0. The molecule has 1 fully saturated rings. The van der Waals surface area contributed by atoms with Crippen molar-refractivity contribution >= 4 is 22.5 Å². The van der Waals surface area contributed by atoms with E-state index in [1.165, 1.54) is 6.92 Å². The highest BCUT2D eigenvalue weighted by Gasteiger charge is 2.44. The van der Waals surface area contributed by atoms with E-state index < -0.39 is 5.54 Å². The first kappa shape index (κ1) is 16.5. The van der Waals surface area contributed by atoms with Crippen molar-refractivity contribution in [2.24, 2.45) is 0 Å². The molecule has 3 aromatic rings. The van der Waals surface area contributed by atoms with Crippen LogP contribution in [0.1, 0.15) is 30.6 Å². The average Bonchev–Trinajstić information content (AvgIpc) is 3.22. The number of amides is 1. The van der Waals surface area contributed by atoms with Crippen molar-refractivity contribution in [3.05, 3.63) is 47.7 Å². The number of anilines is 1. The summed E-state index contributed by atoms with van der Waals surface area (Å²) in [5.41, 5.74) is 2.59. The molecule has 0 spiro atoms. The molecule has 1 aromatic carbocycles. The molecular weight excluding hydrogens is 330 g/mol. The molecule has 0 saturated carbocycles. The van der Waals surface area contributed by atoms with Gasteiger partial charge in [-0.1, -0.05) is 23.4 Å². The zero-order valence-corrected chi connectivity index (χ0v) is 15.1. The van der Waals surface area contributed by atoms with Crippen LogP contribution in [0.2, 0.25) is 0 Å². The average molecular weight is 351 g/mol. The SMILES string of the molecule is CC(=O)NC1(c2noc(C)n2)CCN(c2ccnc3c(C)cccc23)C1. The monoisotopic (exact) mass is 351 g/mol. The third kappa shape index (κ3) is 2.69. The van der Waals surface area contributed by atoms with Crippen LogP contribution in [0.5, 0.6) is 0 Å². The van der Waals surface area contributed by atoms with Crippen molar-refractivity contribution in [2.45, 2.75) is 32.7 Å². The number of para-hydroxylation sites is 1. The van der Waals surface area contributed by atoms with Crippen molar-refractivity contribution in [3.8, 4) is 0 Å². The lowest BCUT2D eigenvalue weighted by Gasteiger charge is -2.28. The molecule has 0 radical (unpaired) electrons. The van der Waals surface area contributed by atoms with Crippen molar-refractivity contribution in [2.75, 3.05) is 18.0 Å². The fourth-order valence-corrected chi connectivity index (χ4v) is 3.77. The van der Waals surface area contributed by atoms with Crippen LogP contribution in [0.3, 0.4) is 0 Å². The lowest BCUT2D eigenvalue weighted by molar-refractivity contribution is -0.120. The van der Waals surface area contributed by atoms with Crippen molar-refractivity contribution in [1.82, 2.24) is 20.4 Å². The lowest BCUT2D eigenvalue weighted by Crippen LogP contribution is -2.48. The summed E-state index contributed by atoms with van der Waals surface area (Å²) in [6.07, 6.45) is 2.54. The number of carbonyl (C=O) groups excluding carboxylic acids is 1. The predicted molar refractivity (Wildman–Crippen MR) is 97.8 cm³/mol. The number of rotatable bonds is 3. The first-order valence-electron chi connectivity index (χ1n) is 8.67. The molecule has 134 valence electrons. The number of aromatic nitrogens is 3. The van der Waals surface area contributed by atoms with E-state index in [4.69, 9.17) is 4.52 Å². The first-order valence-corrected chi connectivity index (χ1v) is 8.67. The maximum absolute atomic E-state index is 11.9. The predicted octanol–water partition coefficient (Wildman–Crippen LogP) is 2.48. The summed E-state index contributed by atoms with van der Waals surface area (Å²) in [6, 6.07) is 8.21. The molecule has 26 heavy (non-hydrogen) atoms. The number of fused-ring (bicyclic) bond motifs is 1. The van der Waals surface area contributed by atoms with E-state index in [0.29, 0.717) is 24.7 Å². The van der Waals surface area contributed by atoms with Gasteiger partial charge in [0.15, 0.2) is 5.82 Å². The maximum atomic E-state index is 11.9. The lowest BCUT2D eigenvalue weighted by atomic mass is 9.97. The van der Waals surface area contributed by atoms with Crippen LogP contribution in [0.15, 0.2) is 35.0 Å². The zero-order valence-electron chi connectivity index (χ0n) is 15.1. The molecule has 4 rings (SSSR count). The number of benzene rings is 1. The Morgan fingerprint density at radius 2 is 2.15 bits per heavy atom.